The standard InChI is InChI=1S/C20H27N3O4/c1-3-16-12(2)17-9-6-14(11-18(17)22-20(16)25)21-19(24)10-13-4-7-15(8-5-13)23(26)27/h4-5,7-8,12,14,16-18H,3,6,9-11H2,1-2H3,(H,21,24)(H,22,25). The molecule has 5 unspecified atom stereocenters. The Kier molecular flexibility index (Phi) is 5.77. The van der Waals surface area contributed by atoms with Gasteiger partial charge in [-0.1, -0.05) is 26.0 Å². The number of rotatable bonds is 5. The van der Waals surface area contributed by atoms with Gasteiger partial charge >= 0.3 is 0 Å². The number of carbonyl (C=O) groups is 2. The van der Waals surface area contributed by atoms with Gasteiger partial charge in [0.15, 0.2) is 0 Å². The van der Waals surface area contributed by atoms with E-state index in [2.05, 4.69) is 24.5 Å². The summed E-state index contributed by atoms with van der Waals surface area (Å²) < 4.78 is 0. The first kappa shape index (κ1) is 19.3. The van der Waals surface area contributed by atoms with Crippen LogP contribution in [0.2, 0.25) is 0 Å². The average molecular weight is 373 g/mol. The summed E-state index contributed by atoms with van der Waals surface area (Å²) in [7, 11) is 0. The predicted octanol–water partition coefficient (Wildman–Crippen LogP) is 2.58. The van der Waals surface area contributed by atoms with Gasteiger partial charge in [0.1, 0.15) is 0 Å². The third kappa shape index (κ3) is 4.28. The lowest BCUT2D eigenvalue weighted by atomic mass is 9.67. The lowest BCUT2D eigenvalue weighted by Crippen LogP contribution is -2.58. The lowest BCUT2D eigenvalue weighted by Gasteiger charge is -2.46. The van der Waals surface area contributed by atoms with Gasteiger partial charge < -0.3 is 10.6 Å². The number of nitrogens with zero attached hydrogens (tertiary/aromatic N) is 1. The van der Waals surface area contributed by atoms with Gasteiger partial charge in [-0.3, -0.25) is 19.7 Å². The molecule has 1 aromatic carbocycles. The Morgan fingerprint density at radius 1 is 1.30 bits per heavy atom. The predicted molar refractivity (Wildman–Crippen MR) is 101 cm³/mol. The zero-order valence-corrected chi connectivity index (χ0v) is 15.8. The number of benzene rings is 1. The largest absolute Gasteiger partial charge is 0.353 e. The molecular weight excluding hydrogens is 346 g/mol. The highest BCUT2D eigenvalue weighted by Gasteiger charge is 2.43. The van der Waals surface area contributed by atoms with Crippen LogP contribution in [0.1, 0.15) is 45.1 Å². The summed E-state index contributed by atoms with van der Waals surface area (Å²) in [5, 5.41) is 16.9. The molecule has 1 saturated heterocycles. The first-order valence-electron chi connectivity index (χ1n) is 9.72. The van der Waals surface area contributed by atoms with Crippen LogP contribution in [-0.4, -0.2) is 28.8 Å². The molecule has 7 nitrogen and oxygen atoms in total. The van der Waals surface area contributed by atoms with Crippen LogP contribution in [0, 0.1) is 27.9 Å². The number of carbonyl (C=O) groups excluding carboxylic acids is 2. The second-order valence-electron chi connectivity index (χ2n) is 7.83. The molecule has 27 heavy (non-hydrogen) atoms. The Labute approximate surface area is 159 Å². The van der Waals surface area contributed by atoms with Gasteiger partial charge in [0.25, 0.3) is 5.69 Å². The van der Waals surface area contributed by atoms with Crippen molar-refractivity contribution in [2.75, 3.05) is 0 Å². The van der Waals surface area contributed by atoms with Gasteiger partial charge in [-0.2, -0.15) is 0 Å². The number of piperidine rings is 1. The van der Waals surface area contributed by atoms with Crippen LogP contribution in [-0.2, 0) is 16.0 Å². The first-order chi connectivity index (χ1) is 12.9. The van der Waals surface area contributed by atoms with Crippen LogP contribution in [0.15, 0.2) is 24.3 Å². The summed E-state index contributed by atoms with van der Waals surface area (Å²) in [6, 6.07) is 6.25. The van der Waals surface area contributed by atoms with Gasteiger partial charge in [0.2, 0.25) is 11.8 Å². The van der Waals surface area contributed by atoms with Crippen molar-refractivity contribution in [3.63, 3.8) is 0 Å². The van der Waals surface area contributed by atoms with Gasteiger partial charge in [-0.15, -0.1) is 0 Å². The Bertz CT molecular complexity index is 718. The molecule has 1 heterocycles. The van der Waals surface area contributed by atoms with Crippen molar-refractivity contribution in [2.45, 2.75) is 58.0 Å². The second kappa shape index (κ2) is 8.06. The molecule has 2 fully saturated rings. The summed E-state index contributed by atoms with van der Waals surface area (Å²) in [6.07, 6.45) is 3.76. The molecule has 0 radical (unpaired) electrons. The van der Waals surface area contributed by atoms with Gasteiger partial charge in [0.05, 0.1) is 11.3 Å². The summed E-state index contributed by atoms with van der Waals surface area (Å²) in [4.78, 5) is 34.9. The summed E-state index contributed by atoms with van der Waals surface area (Å²) >= 11 is 0. The van der Waals surface area contributed by atoms with Gasteiger partial charge in [0, 0.05) is 30.1 Å². The monoisotopic (exact) mass is 373 g/mol. The minimum absolute atomic E-state index is 0.0185. The van der Waals surface area contributed by atoms with E-state index in [1.807, 2.05) is 0 Å². The van der Waals surface area contributed by atoms with Crippen LogP contribution in [0.5, 0.6) is 0 Å². The molecule has 146 valence electrons. The number of amides is 2. The molecule has 1 aliphatic carbocycles. The molecule has 3 rings (SSSR count). The third-order valence-electron chi connectivity index (χ3n) is 6.19. The summed E-state index contributed by atoms with van der Waals surface area (Å²) in [6.45, 7) is 4.24. The quantitative estimate of drug-likeness (QED) is 0.612. The minimum atomic E-state index is -0.454. The molecule has 0 bridgehead atoms. The highest BCUT2D eigenvalue weighted by Crippen LogP contribution is 2.38. The van der Waals surface area contributed by atoms with Crippen molar-refractivity contribution in [1.29, 1.82) is 0 Å². The van der Waals surface area contributed by atoms with E-state index < -0.39 is 4.92 Å². The van der Waals surface area contributed by atoms with Crippen LogP contribution in [0.4, 0.5) is 5.69 Å². The second-order valence-corrected chi connectivity index (χ2v) is 7.83. The van der Waals surface area contributed by atoms with Crippen molar-refractivity contribution in [2.24, 2.45) is 17.8 Å². The van der Waals surface area contributed by atoms with E-state index in [9.17, 15) is 19.7 Å². The zero-order chi connectivity index (χ0) is 19.6. The van der Waals surface area contributed by atoms with E-state index >= 15 is 0 Å². The molecular formula is C20H27N3O4. The van der Waals surface area contributed by atoms with E-state index in [1.54, 1.807) is 12.1 Å². The highest BCUT2D eigenvalue weighted by atomic mass is 16.6. The number of nitro benzene ring substituents is 1. The third-order valence-corrected chi connectivity index (χ3v) is 6.19. The molecule has 1 aromatic rings. The normalized spacial score (nSPS) is 30.1. The molecule has 0 spiro atoms. The van der Waals surface area contributed by atoms with Crippen molar-refractivity contribution in [1.82, 2.24) is 10.6 Å². The molecule has 2 amide bonds. The van der Waals surface area contributed by atoms with Gasteiger partial charge in [-0.05, 0) is 43.1 Å². The Hall–Kier alpha value is -2.44. The maximum atomic E-state index is 12.4. The minimum Gasteiger partial charge on any atom is -0.353 e. The zero-order valence-electron chi connectivity index (χ0n) is 15.8. The molecule has 2 N–H and O–H groups in total. The first-order valence-corrected chi connectivity index (χ1v) is 9.72. The van der Waals surface area contributed by atoms with Crippen LogP contribution in [0.3, 0.4) is 0 Å². The fourth-order valence-corrected chi connectivity index (χ4v) is 4.70. The molecule has 2 aliphatic rings. The van der Waals surface area contributed by atoms with Crippen LogP contribution in [0.25, 0.3) is 0 Å². The van der Waals surface area contributed by atoms with Crippen LogP contribution >= 0.6 is 0 Å². The Balaban J connectivity index is 1.54. The molecule has 0 aromatic heterocycles. The van der Waals surface area contributed by atoms with Crippen molar-refractivity contribution < 1.29 is 14.5 Å². The van der Waals surface area contributed by atoms with Gasteiger partial charge in [-0.25, -0.2) is 0 Å². The molecule has 5 atom stereocenters. The van der Waals surface area contributed by atoms with Crippen LogP contribution < -0.4 is 10.6 Å². The smallest absolute Gasteiger partial charge is 0.269 e. The van der Waals surface area contributed by atoms with E-state index in [1.165, 1.54) is 12.1 Å². The topological polar surface area (TPSA) is 101 Å². The Morgan fingerprint density at radius 3 is 2.63 bits per heavy atom. The SMILES string of the molecule is CCC1C(=O)NC2CC(NC(=O)Cc3ccc([N+](=O)[O-])cc3)CCC2C1C. The number of fused-ring (bicyclic) bond motifs is 1. The number of nitrogens with one attached hydrogen (secondary N) is 2. The van der Waals surface area contributed by atoms with Crippen molar-refractivity contribution in [3.8, 4) is 0 Å². The molecule has 1 saturated carbocycles. The van der Waals surface area contributed by atoms with Crippen molar-refractivity contribution in [3.05, 3.63) is 39.9 Å². The fourth-order valence-electron chi connectivity index (χ4n) is 4.70. The van der Waals surface area contributed by atoms with E-state index in [4.69, 9.17) is 0 Å². The number of non-ortho nitro benzene ring substituents is 1. The average Bonchev–Trinajstić information content (AvgIpc) is 2.62. The fraction of sp³-hybridized carbons (Fsp3) is 0.600. The summed E-state index contributed by atoms with van der Waals surface area (Å²) in [5.41, 5.74) is 0.766. The maximum absolute atomic E-state index is 12.4. The number of nitro groups is 1. The van der Waals surface area contributed by atoms with Crippen molar-refractivity contribution >= 4 is 17.5 Å². The highest BCUT2D eigenvalue weighted by molar-refractivity contribution is 5.80. The molecule has 1 aliphatic heterocycles. The lowest BCUT2D eigenvalue weighted by molar-refractivity contribution is -0.384. The van der Waals surface area contributed by atoms with E-state index in [0.717, 1.165) is 31.2 Å². The van der Waals surface area contributed by atoms with E-state index in [-0.39, 0.29) is 41.9 Å². The van der Waals surface area contributed by atoms with E-state index in [0.29, 0.717) is 11.8 Å². The Morgan fingerprint density at radius 2 is 2.00 bits per heavy atom. The number of hydrogen-bond acceptors (Lipinski definition) is 4. The maximum Gasteiger partial charge on any atom is 0.269 e. The molecule has 7 heteroatoms. The number of hydrogen-bond donors (Lipinski definition) is 2. The summed E-state index contributed by atoms with van der Waals surface area (Å²) in [5.74, 6) is 1.01.